The average Bonchev–Trinajstić information content (AvgIpc) is 3.03. The van der Waals surface area contributed by atoms with Crippen LogP contribution in [0.2, 0.25) is 0 Å². The number of fused-ring (bicyclic) bond motifs is 1. The van der Waals surface area contributed by atoms with Crippen LogP contribution in [0.1, 0.15) is 5.56 Å². The highest BCUT2D eigenvalue weighted by molar-refractivity contribution is 7.89. The fraction of sp³-hybridized carbons (Fsp3) is 0.533. The summed E-state index contributed by atoms with van der Waals surface area (Å²) in [5.74, 6) is -0.846. The predicted octanol–water partition coefficient (Wildman–Crippen LogP) is 0.804. The lowest BCUT2D eigenvalue weighted by Crippen LogP contribution is -2.33. The molecule has 2 aliphatic rings. The van der Waals surface area contributed by atoms with Gasteiger partial charge in [0, 0.05) is 26.1 Å². The second-order valence-corrected chi connectivity index (χ2v) is 7.77. The van der Waals surface area contributed by atoms with E-state index >= 15 is 0 Å². The number of carbonyl (C=O) groups is 1. The van der Waals surface area contributed by atoms with Crippen molar-refractivity contribution in [1.82, 2.24) is 4.31 Å². The van der Waals surface area contributed by atoms with Crippen LogP contribution in [-0.2, 0) is 24.3 Å². The van der Waals surface area contributed by atoms with E-state index in [1.807, 2.05) is 6.92 Å². The number of hydrogen-bond donors (Lipinski definition) is 0. The van der Waals surface area contributed by atoms with Crippen molar-refractivity contribution in [2.24, 2.45) is 11.8 Å². The van der Waals surface area contributed by atoms with Crippen molar-refractivity contribution in [3.63, 3.8) is 0 Å². The first-order valence-electron chi connectivity index (χ1n) is 7.19. The molecule has 0 unspecified atom stereocenters. The first kappa shape index (κ1) is 15.5. The van der Waals surface area contributed by atoms with Crippen LogP contribution >= 0.6 is 0 Å². The summed E-state index contributed by atoms with van der Waals surface area (Å²) in [5.41, 5.74) is 1.00. The molecular formula is C15H19NO5S. The van der Waals surface area contributed by atoms with E-state index < -0.39 is 10.0 Å². The number of nitrogens with zero attached hydrogens (tertiary/aromatic N) is 1. The van der Waals surface area contributed by atoms with E-state index in [1.165, 1.54) is 11.4 Å². The van der Waals surface area contributed by atoms with Crippen molar-refractivity contribution in [2.75, 3.05) is 26.8 Å². The highest BCUT2D eigenvalue weighted by Gasteiger charge is 2.52. The van der Waals surface area contributed by atoms with E-state index in [1.54, 1.807) is 24.3 Å². The molecule has 0 aliphatic carbocycles. The van der Waals surface area contributed by atoms with Crippen LogP contribution in [0.25, 0.3) is 0 Å². The summed E-state index contributed by atoms with van der Waals surface area (Å²) in [7, 11) is -2.04. The Hall–Kier alpha value is -1.44. The number of cyclic esters (lactones) is 1. The van der Waals surface area contributed by atoms with Crippen molar-refractivity contribution in [3.8, 4) is 0 Å². The standard InChI is InChI=1S/C15H19NO5S/c1-10-3-5-11(6-4-10)22(18,19)16-7-12-13(8-16)15(17)21-14(12)9-20-2/h3-6,12-14H,7-9H2,1-2H3/t12-,13+,14+/m0/s1. The summed E-state index contributed by atoms with van der Waals surface area (Å²) in [4.78, 5) is 12.2. The number of esters is 1. The van der Waals surface area contributed by atoms with Crippen molar-refractivity contribution < 1.29 is 22.7 Å². The summed E-state index contributed by atoms with van der Waals surface area (Å²) in [5, 5.41) is 0. The third kappa shape index (κ3) is 2.53. The first-order valence-corrected chi connectivity index (χ1v) is 8.63. The van der Waals surface area contributed by atoms with Crippen molar-refractivity contribution in [2.45, 2.75) is 17.9 Å². The number of rotatable bonds is 4. The quantitative estimate of drug-likeness (QED) is 0.766. The highest BCUT2D eigenvalue weighted by Crippen LogP contribution is 2.37. The molecule has 7 heteroatoms. The molecule has 6 nitrogen and oxygen atoms in total. The summed E-state index contributed by atoms with van der Waals surface area (Å²) in [6.45, 7) is 2.67. The summed E-state index contributed by atoms with van der Waals surface area (Å²) >= 11 is 0. The number of benzene rings is 1. The molecule has 2 heterocycles. The van der Waals surface area contributed by atoms with Crippen LogP contribution < -0.4 is 0 Å². The third-order valence-corrected chi connectivity index (χ3v) is 6.21. The Morgan fingerprint density at radius 2 is 1.95 bits per heavy atom. The van der Waals surface area contributed by atoms with Gasteiger partial charge < -0.3 is 9.47 Å². The van der Waals surface area contributed by atoms with E-state index in [9.17, 15) is 13.2 Å². The topological polar surface area (TPSA) is 72.9 Å². The molecule has 0 saturated carbocycles. The van der Waals surface area contributed by atoms with Gasteiger partial charge in [0.1, 0.15) is 6.10 Å². The van der Waals surface area contributed by atoms with E-state index in [2.05, 4.69) is 0 Å². The van der Waals surface area contributed by atoms with Crippen LogP contribution in [0.3, 0.4) is 0 Å². The number of aryl methyl sites for hydroxylation is 1. The first-order chi connectivity index (χ1) is 10.4. The largest absolute Gasteiger partial charge is 0.459 e. The lowest BCUT2D eigenvalue weighted by atomic mass is 9.94. The van der Waals surface area contributed by atoms with E-state index in [0.717, 1.165) is 5.56 Å². The predicted molar refractivity (Wildman–Crippen MR) is 78.7 cm³/mol. The minimum atomic E-state index is -3.57. The number of hydrogen-bond acceptors (Lipinski definition) is 5. The molecule has 0 N–H and O–H groups in total. The molecule has 0 aromatic heterocycles. The van der Waals surface area contributed by atoms with Gasteiger partial charge in [-0.2, -0.15) is 4.31 Å². The lowest BCUT2D eigenvalue weighted by Gasteiger charge is -2.20. The molecule has 0 spiro atoms. The zero-order chi connectivity index (χ0) is 15.9. The van der Waals surface area contributed by atoms with Crippen LogP contribution in [0.4, 0.5) is 0 Å². The van der Waals surface area contributed by atoms with Gasteiger partial charge in [-0.25, -0.2) is 8.42 Å². The van der Waals surface area contributed by atoms with E-state index in [0.29, 0.717) is 13.2 Å². The molecule has 120 valence electrons. The minimum Gasteiger partial charge on any atom is -0.459 e. The summed E-state index contributed by atoms with van der Waals surface area (Å²) in [6.07, 6.45) is -0.360. The van der Waals surface area contributed by atoms with Gasteiger partial charge in [-0.05, 0) is 19.1 Å². The molecule has 2 fully saturated rings. The molecule has 1 aromatic rings. The Balaban J connectivity index is 1.83. The maximum Gasteiger partial charge on any atom is 0.311 e. The number of methoxy groups -OCH3 is 1. The monoisotopic (exact) mass is 325 g/mol. The maximum atomic E-state index is 12.7. The van der Waals surface area contributed by atoms with Crippen molar-refractivity contribution in [1.29, 1.82) is 0 Å². The van der Waals surface area contributed by atoms with Gasteiger partial charge in [-0.3, -0.25) is 4.79 Å². The van der Waals surface area contributed by atoms with Crippen LogP contribution in [0, 0.1) is 18.8 Å². The SMILES string of the molecule is COC[C@H]1OC(=O)[C@@H]2CN(S(=O)(=O)c3ccc(C)cc3)C[C@H]12. The molecule has 0 amide bonds. The molecular weight excluding hydrogens is 306 g/mol. The van der Waals surface area contributed by atoms with E-state index in [4.69, 9.17) is 9.47 Å². The number of carbonyl (C=O) groups excluding carboxylic acids is 1. The molecule has 22 heavy (non-hydrogen) atoms. The molecule has 2 saturated heterocycles. The Morgan fingerprint density at radius 3 is 2.59 bits per heavy atom. The number of ether oxygens (including phenoxy) is 2. The van der Waals surface area contributed by atoms with Gasteiger partial charge in [-0.1, -0.05) is 17.7 Å². The molecule has 1 aromatic carbocycles. The fourth-order valence-electron chi connectivity index (χ4n) is 3.12. The van der Waals surface area contributed by atoms with Gasteiger partial charge in [-0.15, -0.1) is 0 Å². The highest BCUT2D eigenvalue weighted by atomic mass is 32.2. The van der Waals surface area contributed by atoms with Gasteiger partial charge in [0.25, 0.3) is 0 Å². The van der Waals surface area contributed by atoms with Crippen LogP contribution in [0.15, 0.2) is 29.2 Å². The molecule has 0 bridgehead atoms. The Bertz CT molecular complexity index is 670. The second-order valence-electron chi connectivity index (χ2n) is 5.84. The van der Waals surface area contributed by atoms with Crippen LogP contribution in [-0.4, -0.2) is 51.6 Å². The minimum absolute atomic E-state index is 0.132. The third-order valence-electron chi connectivity index (χ3n) is 4.37. The molecule has 3 atom stereocenters. The molecule has 2 aliphatic heterocycles. The van der Waals surface area contributed by atoms with Gasteiger partial charge in [0.15, 0.2) is 0 Å². The zero-order valence-electron chi connectivity index (χ0n) is 12.6. The molecule has 0 radical (unpaired) electrons. The Morgan fingerprint density at radius 1 is 1.27 bits per heavy atom. The average molecular weight is 325 g/mol. The Labute approximate surface area is 130 Å². The van der Waals surface area contributed by atoms with Gasteiger partial charge in [0.2, 0.25) is 10.0 Å². The lowest BCUT2D eigenvalue weighted by molar-refractivity contribution is -0.146. The number of sulfonamides is 1. The summed E-state index contributed by atoms with van der Waals surface area (Å²) in [6, 6.07) is 6.74. The Kier molecular flexibility index (Phi) is 3.96. The normalized spacial score (nSPS) is 28.6. The smallest absolute Gasteiger partial charge is 0.311 e. The second kappa shape index (κ2) is 5.64. The van der Waals surface area contributed by atoms with Crippen LogP contribution in [0.5, 0.6) is 0 Å². The van der Waals surface area contributed by atoms with Crippen molar-refractivity contribution in [3.05, 3.63) is 29.8 Å². The van der Waals surface area contributed by atoms with Gasteiger partial charge >= 0.3 is 5.97 Å². The fourth-order valence-corrected chi connectivity index (χ4v) is 4.62. The van der Waals surface area contributed by atoms with E-state index in [-0.39, 0.29) is 35.3 Å². The zero-order valence-corrected chi connectivity index (χ0v) is 13.4. The maximum absolute atomic E-state index is 12.7. The van der Waals surface area contributed by atoms with Gasteiger partial charge in [0.05, 0.1) is 17.4 Å². The summed E-state index contributed by atoms with van der Waals surface area (Å²) < 4.78 is 37.1. The molecule has 3 rings (SSSR count). The van der Waals surface area contributed by atoms with Crippen molar-refractivity contribution >= 4 is 16.0 Å².